The highest BCUT2D eigenvalue weighted by atomic mass is 19.1. The molecule has 7 nitrogen and oxygen atoms in total. The van der Waals surface area contributed by atoms with Crippen LogP contribution in [0, 0.1) is 11.7 Å². The highest BCUT2D eigenvalue weighted by Crippen LogP contribution is 2.35. The SMILES string of the molecule is C[C@@H]1CN(C(c2cccc(O)c2)c2cccc(C(=O)N3CCC(C(=O)O)CC3)c2)[C@H](C)CN1Cc1cccc(F)c1. The summed E-state index contributed by atoms with van der Waals surface area (Å²) in [6.07, 6.45) is 0.921. The van der Waals surface area contributed by atoms with Crippen molar-refractivity contribution in [2.75, 3.05) is 26.2 Å². The van der Waals surface area contributed by atoms with Crippen LogP contribution in [0.3, 0.4) is 0 Å². The molecule has 8 heteroatoms. The van der Waals surface area contributed by atoms with Crippen molar-refractivity contribution in [1.82, 2.24) is 14.7 Å². The fourth-order valence-corrected chi connectivity index (χ4v) is 6.30. The lowest BCUT2D eigenvalue weighted by Crippen LogP contribution is -2.56. The predicted octanol–water partition coefficient (Wildman–Crippen LogP) is 5.15. The standard InChI is InChI=1S/C33H38FN3O4/c1-22-20-37(23(2)19-36(22)21-24-6-3-10-29(34)16-24)31(27-8-5-11-30(38)18-27)26-7-4-9-28(17-26)32(39)35-14-12-25(13-15-35)33(40)41/h3-11,16-18,22-23,25,31,38H,12-15,19-21H2,1-2H3,(H,40,41)/t22-,23-,31?/m1/s1. The molecular formula is C33H38FN3O4. The maximum Gasteiger partial charge on any atom is 0.306 e. The van der Waals surface area contributed by atoms with Gasteiger partial charge >= 0.3 is 5.97 Å². The second kappa shape index (κ2) is 12.4. The molecule has 3 atom stereocenters. The molecular weight excluding hydrogens is 521 g/mol. The average Bonchev–Trinajstić information content (AvgIpc) is 2.95. The monoisotopic (exact) mass is 559 g/mol. The number of phenolic OH excluding ortho intramolecular Hbond substituents is 1. The number of aromatic hydroxyl groups is 1. The number of carboxylic acids is 1. The van der Waals surface area contributed by atoms with Crippen LogP contribution in [0.1, 0.15) is 59.8 Å². The van der Waals surface area contributed by atoms with Crippen LogP contribution < -0.4 is 0 Å². The number of hydrogen-bond acceptors (Lipinski definition) is 5. The highest BCUT2D eigenvalue weighted by molar-refractivity contribution is 5.94. The number of rotatable bonds is 7. The lowest BCUT2D eigenvalue weighted by Gasteiger charge is -2.47. The van der Waals surface area contributed by atoms with Gasteiger partial charge in [-0.1, -0.05) is 36.4 Å². The van der Waals surface area contributed by atoms with Crippen LogP contribution in [0.15, 0.2) is 72.8 Å². The molecule has 1 unspecified atom stereocenters. The van der Waals surface area contributed by atoms with E-state index in [1.54, 1.807) is 29.2 Å². The minimum atomic E-state index is -0.799. The number of hydrogen-bond donors (Lipinski definition) is 2. The Bertz CT molecular complexity index is 1390. The van der Waals surface area contributed by atoms with Gasteiger partial charge in [0.2, 0.25) is 0 Å². The number of nitrogens with zero attached hydrogens (tertiary/aromatic N) is 3. The van der Waals surface area contributed by atoms with Gasteiger partial charge in [-0.25, -0.2) is 4.39 Å². The number of carbonyl (C=O) groups excluding carboxylic acids is 1. The number of piperazine rings is 1. The third-order valence-corrected chi connectivity index (χ3v) is 8.54. The van der Waals surface area contributed by atoms with Gasteiger partial charge in [0.05, 0.1) is 12.0 Å². The molecule has 2 aliphatic heterocycles. The quantitative estimate of drug-likeness (QED) is 0.417. The molecule has 3 aromatic rings. The van der Waals surface area contributed by atoms with Crippen molar-refractivity contribution >= 4 is 11.9 Å². The van der Waals surface area contributed by atoms with E-state index in [0.29, 0.717) is 38.0 Å². The van der Waals surface area contributed by atoms with E-state index in [1.807, 2.05) is 42.5 Å². The fraction of sp³-hybridized carbons (Fsp3) is 0.394. The van der Waals surface area contributed by atoms with E-state index in [9.17, 15) is 24.2 Å². The Hall–Kier alpha value is -3.75. The zero-order chi connectivity index (χ0) is 29.1. The maximum atomic E-state index is 13.8. The zero-order valence-electron chi connectivity index (χ0n) is 23.6. The second-order valence-electron chi connectivity index (χ2n) is 11.5. The first-order chi connectivity index (χ1) is 19.7. The highest BCUT2D eigenvalue weighted by Gasteiger charge is 2.35. The molecule has 0 radical (unpaired) electrons. The number of benzene rings is 3. The van der Waals surface area contributed by atoms with Gasteiger partial charge in [0.25, 0.3) is 5.91 Å². The van der Waals surface area contributed by atoms with Crippen LogP contribution in [0.2, 0.25) is 0 Å². The fourth-order valence-electron chi connectivity index (χ4n) is 6.30. The lowest BCUT2D eigenvalue weighted by atomic mass is 9.91. The molecule has 2 aliphatic rings. The van der Waals surface area contributed by atoms with E-state index in [1.165, 1.54) is 6.07 Å². The van der Waals surface area contributed by atoms with E-state index in [2.05, 4.69) is 23.6 Å². The molecule has 0 saturated carbocycles. The minimum Gasteiger partial charge on any atom is -0.508 e. The van der Waals surface area contributed by atoms with Gasteiger partial charge in [-0.3, -0.25) is 19.4 Å². The van der Waals surface area contributed by atoms with E-state index >= 15 is 0 Å². The van der Waals surface area contributed by atoms with E-state index in [4.69, 9.17) is 0 Å². The largest absolute Gasteiger partial charge is 0.508 e. The number of phenols is 1. The molecule has 41 heavy (non-hydrogen) atoms. The summed E-state index contributed by atoms with van der Waals surface area (Å²) in [5, 5.41) is 19.7. The van der Waals surface area contributed by atoms with Gasteiger partial charge in [-0.2, -0.15) is 0 Å². The van der Waals surface area contributed by atoms with Crippen molar-refractivity contribution < 1.29 is 24.2 Å². The molecule has 2 heterocycles. The summed E-state index contributed by atoms with van der Waals surface area (Å²) in [6.45, 7) is 7.41. The molecule has 0 aliphatic carbocycles. The lowest BCUT2D eigenvalue weighted by molar-refractivity contribution is -0.143. The van der Waals surface area contributed by atoms with E-state index in [0.717, 1.165) is 29.8 Å². The molecule has 0 bridgehead atoms. The van der Waals surface area contributed by atoms with Gasteiger partial charge in [0.15, 0.2) is 0 Å². The Kier molecular flexibility index (Phi) is 8.71. The summed E-state index contributed by atoms with van der Waals surface area (Å²) < 4.78 is 13.8. The van der Waals surface area contributed by atoms with Crippen LogP contribution in [0.25, 0.3) is 0 Å². The average molecular weight is 560 g/mol. The van der Waals surface area contributed by atoms with E-state index in [-0.39, 0.29) is 35.6 Å². The second-order valence-corrected chi connectivity index (χ2v) is 11.5. The molecule has 2 N–H and O–H groups in total. The number of halogens is 1. The third kappa shape index (κ3) is 6.60. The van der Waals surface area contributed by atoms with Gasteiger partial charge in [0.1, 0.15) is 11.6 Å². The summed E-state index contributed by atoms with van der Waals surface area (Å²) in [5.74, 6) is -1.33. The van der Waals surface area contributed by atoms with Gasteiger partial charge < -0.3 is 15.1 Å². The number of carbonyl (C=O) groups is 2. The number of piperidine rings is 1. The number of amides is 1. The molecule has 1 amide bonds. The van der Waals surface area contributed by atoms with Crippen molar-refractivity contribution in [1.29, 1.82) is 0 Å². The third-order valence-electron chi connectivity index (χ3n) is 8.54. The number of aliphatic carboxylic acids is 1. The van der Waals surface area contributed by atoms with Crippen molar-refractivity contribution in [3.8, 4) is 5.75 Å². The Labute approximate surface area is 240 Å². The Morgan fingerprint density at radius 2 is 1.59 bits per heavy atom. The first-order valence-corrected chi connectivity index (χ1v) is 14.3. The predicted molar refractivity (Wildman–Crippen MR) is 155 cm³/mol. The Morgan fingerprint density at radius 1 is 0.902 bits per heavy atom. The first kappa shape index (κ1) is 28.8. The van der Waals surface area contributed by atoms with Crippen LogP contribution in [-0.4, -0.2) is 75.1 Å². The number of carboxylic acid groups (broad SMARTS) is 1. The van der Waals surface area contributed by atoms with E-state index < -0.39 is 11.9 Å². The normalized spacial score (nSPS) is 21.5. The van der Waals surface area contributed by atoms with Crippen LogP contribution in [0.5, 0.6) is 5.75 Å². The van der Waals surface area contributed by atoms with Crippen molar-refractivity contribution in [3.05, 3.63) is 101 Å². The Balaban J connectivity index is 1.40. The smallest absolute Gasteiger partial charge is 0.306 e. The molecule has 5 rings (SSSR count). The minimum absolute atomic E-state index is 0.0910. The van der Waals surface area contributed by atoms with Crippen molar-refractivity contribution in [2.24, 2.45) is 5.92 Å². The van der Waals surface area contributed by atoms with Gasteiger partial charge in [0, 0.05) is 50.4 Å². The van der Waals surface area contributed by atoms with Crippen LogP contribution in [0.4, 0.5) is 4.39 Å². The Morgan fingerprint density at radius 3 is 2.27 bits per heavy atom. The van der Waals surface area contributed by atoms with Crippen molar-refractivity contribution in [2.45, 2.75) is 51.4 Å². The molecule has 0 aromatic heterocycles. The first-order valence-electron chi connectivity index (χ1n) is 14.3. The van der Waals surface area contributed by atoms with Gasteiger partial charge in [-0.05, 0) is 79.8 Å². The molecule has 216 valence electrons. The zero-order valence-corrected chi connectivity index (χ0v) is 23.6. The van der Waals surface area contributed by atoms with Crippen LogP contribution in [-0.2, 0) is 11.3 Å². The van der Waals surface area contributed by atoms with Crippen LogP contribution >= 0.6 is 0 Å². The maximum absolute atomic E-state index is 13.8. The molecule has 0 spiro atoms. The summed E-state index contributed by atoms with van der Waals surface area (Å²) in [6, 6.07) is 21.9. The summed E-state index contributed by atoms with van der Waals surface area (Å²) in [7, 11) is 0. The number of likely N-dealkylation sites (tertiary alicyclic amines) is 1. The molecule has 2 fully saturated rings. The molecule has 2 saturated heterocycles. The molecule has 3 aromatic carbocycles. The topological polar surface area (TPSA) is 84.3 Å². The summed E-state index contributed by atoms with van der Waals surface area (Å²) in [5.41, 5.74) is 3.42. The summed E-state index contributed by atoms with van der Waals surface area (Å²) in [4.78, 5) is 31.4. The van der Waals surface area contributed by atoms with Crippen molar-refractivity contribution in [3.63, 3.8) is 0 Å². The van der Waals surface area contributed by atoms with Gasteiger partial charge in [-0.15, -0.1) is 0 Å². The summed E-state index contributed by atoms with van der Waals surface area (Å²) >= 11 is 0.